The number of primary amides is 1. The van der Waals surface area contributed by atoms with Crippen molar-refractivity contribution in [2.24, 2.45) is 5.73 Å². The fourth-order valence-corrected chi connectivity index (χ4v) is 1.41. The number of aromatic nitrogens is 4. The second kappa shape index (κ2) is 3.91. The summed E-state index contributed by atoms with van der Waals surface area (Å²) >= 11 is 5.74. The van der Waals surface area contributed by atoms with Gasteiger partial charge < -0.3 is 16.5 Å². The number of nitrogens with two attached hydrogens (primary N) is 2. The Kier molecular flexibility index (Phi) is 2.56. The van der Waals surface area contributed by atoms with Crippen LogP contribution in [0.25, 0.3) is 5.82 Å². The lowest BCUT2D eigenvalue weighted by molar-refractivity contribution is 0.0996. The Morgan fingerprint density at radius 1 is 1.53 bits per heavy atom. The summed E-state index contributed by atoms with van der Waals surface area (Å²) in [7, 11) is 0. The Bertz CT molecular complexity index is 646. The molecule has 5 N–H and O–H groups in total. The Morgan fingerprint density at radius 2 is 2.24 bits per heavy atom. The number of H-pyrrole nitrogens is 1. The van der Waals surface area contributed by atoms with Crippen LogP contribution in [0.15, 0.2) is 17.3 Å². The first-order chi connectivity index (χ1) is 8.00. The van der Waals surface area contributed by atoms with Gasteiger partial charge in [-0.25, -0.2) is 9.67 Å². The van der Waals surface area contributed by atoms with E-state index >= 15 is 0 Å². The highest BCUT2D eigenvalue weighted by molar-refractivity contribution is 6.31. The number of carbonyl (C=O) groups excluding carboxylic acids is 1. The summed E-state index contributed by atoms with van der Waals surface area (Å²) < 4.78 is 1.12. The zero-order valence-electron chi connectivity index (χ0n) is 8.35. The van der Waals surface area contributed by atoms with Crippen LogP contribution in [-0.2, 0) is 0 Å². The van der Waals surface area contributed by atoms with Gasteiger partial charge in [0.15, 0.2) is 16.5 Å². The summed E-state index contributed by atoms with van der Waals surface area (Å²) in [5.74, 6) is -0.711. The fraction of sp³-hybridized carbons (Fsp3) is 0. The summed E-state index contributed by atoms with van der Waals surface area (Å²) in [6, 6.07) is 0. The minimum absolute atomic E-state index is 0.0645. The first kappa shape index (κ1) is 11.1. The number of nitrogens with one attached hydrogen (secondary N) is 1. The second-order valence-corrected chi connectivity index (χ2v) is 3.49. The van der Waals surface area contributed by atoms with Crippen LogP contribution in [0.3, 0.4) is 0 Å². The third kappa shape index (κ3) is 1.85. The van der Waals surface area contributed by atoms with Crippen LogP contribution < -0.4 is 17.0 Å². The molecule has 0 atom stereocenters. The molecule has 17 heavy (non-hydrogen) atoms. The van der Waals surface area contributed by atoms with Gasteiger partial charge in [-0.15, -0.1) is 0 Å². The third-order valence-electron chi connectivity index (χ3n) is 1.97. The van der Waals surface area contributed by atoms with Gasteiger partial charge in [0.05, 0.1) is 18.2 Å². The van der Waals surface area contributed by atoms with Crippen molar-refractivity contribution in [1.82, 2.24) is 19.7 Å². The van der Waals surface area contributed by atoms with E-state index in [2.05, 4.69) is 15.1 Å². The van der Waals surface area contributed by atoms with Crippen molar-refractivity contribution in [2.75, 3.05) is 5.73 Å². The van der Waals surface area contributed by atoms with Crippen molar-refractivity contribution in [2.45, 2.75) is 0 Å². The minimum atomic E-state index is -0.776. The van der Waals surface area contributed by atoms with E-state index in [1.165, 1.54) is 6.20 Å². The van der Waals surface area contributed by atoms with Gasteiger partial charge in [0, 0.05) is 0 Å². The van der Waals surface area contributed by atoms with E-state index < -0.39 is 11.5 Å². The summed E-state index contributed by atoms with van der Waals surface area (Å²) in [5.41, 5.74) is 10.0. The molecule has 0 spiro atoms. The van der Waals surface area contributed by atoms with Crippen LogP contribution in [0, 0.1) is 0 Å². The fourth-order valence-electron chi connectivity index (χ4n) is 1.22. The van der Waals surface area contributed by atoms with E-state index in [1.54, 1.807) is 0 Å². The molecule has 9 heteroatoms. The zero-order chi connectivity index (χ0) is 12.6. The molecule has 0 aliphatic carbocycles. The number of hydrogen-bond acceptors (Lipinski definition) is 5. The molecule has 8 nitrogen and oxygen atoms in total. The number of carbonyl (C=O) groups is 1. The number of anilines is 1. The van der Waals surface area contributed by atoms with E-state index in [9.17, 15) is 9.59 Å². The predicted octanol–water partition coefficient (Wildman–Crippen LogP) is -0.710. The van der Waals surface area contributed by atoms with E-state index in [0.717, 1.165) is 11.0 Å². The van der Waals surface area contributed by atoms with Crippen molar-refractivity contribution in [3.8, 4) is 5.82 Å². The average Bonchev–Trinajstić information content (AvgIpc) is 2.64. The van der Waals surface area contributed by atoms with Gasteiger partial charge in [-0.1, -0.05) is 11.6 Å². The molecule has 2 aromatic heterocycles. The largest absolute Gasteiger partial charge is 0.396 e. The van der Waals surface area contributed by atoms with E-state index in [-0.39, 0.29) is 22.2 Å². The molecule has 0 unspecified atom stereocenters. The first-order valence-electron chi connectivity index (χ1n) is 4.39. The lowest BCUT2D eigenvalue weighted by Gasteiger charge is -2.00. The molecule has 2 rings (SSSR count). The Balaban J connectivity index is 2.62. The number of rotatable bonds is 2. The van der Waals surface area contributed by atoms with Gasteiger partial charge in [0.1, 0.15) is 0 Å². The molecule has 0 saturated carbocycles. The number of halogens is 1. The standard InChI is InChI=1S/C8H7ClN6O2/c9-4-7(12-2-13-8(4)17)15-1-3(10)5(14-15)6(11)16/h1-2H,10H2,(H2,11,16)(H,12,13,17). The molecule has 2 aromatic rings. The van der Waals surface area contributed by atoms with E-state index in [1.807, 2.05) is 0 Å². The highest BCUT2D eigenvalue weighted by Crippen LogP contribution is 2.15. The molecule has 2 heterocycles. The number of nitrogens with zero attached hydrogens (tertiary/aromatic N) is 3. The maximum absolute atomic E-state index is 11.2. The maximum Gasteiger partial charge on any atom is 0.271 e. The normalized spacial score (nSPS) is 10.4. The molecule has 0 saturated heterocycles. The Labute approximate surface area is 99.2 Å². The number of nitrogen functional groups attached to an aromatic ring is 1. The summed E-state index contributed by atoms with van der Waals surface area (Å²) in [5, 5.41) is 3.64. The van der Waals surface area contributed by atoms with Crippen molar-refractivity contribution in [3.05, 3.63) is 33.6 Å². The van der Waals surface area contributed by atoms with Crippen molar-refractivity contribution < 1.29 is 4.79 Å². The van der Waals surface area contributed by atoms with Crippen LogP contribution in [-0.4, -0.2) is 25.7 Å². The SMILES string of the molecule is NC(=O)c1nn(-c2nc[nH]c(=O)c2Cl)cc1N. The number of hydrogen-bond donors (Lipinski definition) is 3. The van der Waals surface area contributed by atoms with Gasteiger partial charge in [-0.3, -0.25) is 9.59 Å². The zero-order valence-corrected chi connectivity index (χ0v) is 9.10. The Morgan fingerprint density at radius 3 is 2.82 bits per heavy atom. The van der Waals surface area contributed by atoms with Crippen molar-refractivity contribution >= 4 is 23.2 Å². The maximum atomic E-state index is 11.2. The second-order valence-electron chi connectivity index (χ2n) is 3.11. The van der Waals surface area contributed by atoms with E-state index in [4.69, 9.17) is 23.1 Å². The molecule has 0 aliphatic rings. The molecule has 0 radical (unpaired) electrons. The first-order valence-corrected chi connectivity index (χ1v) is 4.77. The lowest BCUT2D eigenvalue weighted by Crippen LogP contribution is -2.15. The number of aromatic amines is 1. The van der Waals surface area contributed by atoms with Gasteiger partial charge in [0.2, 0.25) is 0 Å². The number of amides is 1. The van der Waals surface area contributed by atoms with Crippen molar-refractivity contribution in [1.29, 1.82) is 0 Å². The highest BCUT2D eigenvalue weighted by Gasteiger charge is 2.15. The molecule has 1 amide bonds. The smallest absolute Gasteiger partial charge is 0.271 e. The molecular weight excluding hydrogens is 248 g/mol. The summed E-state index contributed by atoms with van der Waals surface area (Å²) in [6.45, 7) is 0. The molecule has 0 bridgehead atoms. The Hall–Kier alpha value is -2.35. The van der Waals surface area contributed by atoms with Crippen LogP contribution in [0.2, 0.25) is 5.02 Å². The molecule has 0 aromatic carbocycles. The van der Waals surface area contributed by atoms with E-state index in [0.29, 0.717) is 0 Å². The summed E-state index contributed by atoms with van der Waals surface area (Å²) in [6.07, 6.45) is 2.46. The lowest BCUT2D eigenvalue weighted by atomic mass is 10.4. The van der Waals surface area contributed by atoms with Crippen molar-refractivity contribution in [3.63, 3.8) is 0 Å². The third-order valence-corrected chi connectivity index (χ3v) is 2.31. The predicted molar refractivity (Wildman–Crippen MR) is 59.9 cm³/mol. The molecule has 0 aliphatic heterocycles. The molecule has 0 fully saturated rings. The van der Waals surface area contributed by atoms with Crippen LogP contribution >= 0.6 is 11.6 Å². The van der Waals surface area contributed by atoms with Crippen LogP contribution in [0.5, 0.6) is 0 Å². The topological polar surface area (TPSA) is 133 Å². The van der Waals surface area contributed by atoms with Crippen LogP contribution in [0.4, 0.5) is 5.69 Å². The minimum Gasteiger partial charge on any atom is -0.396 e. The average molecular weight is 255 g/mol. The monoisotopic (exact) mass is 254 g/mol. The highest BCUT2D eigenvalue weighted by atomic mass is 35.5. The van der Waals surface area contributed by atoms with Gasteiger partial charge in [-0.05, 0) is 0 Å². The van der Waals surface area contributed by atoms with Gasteiger partial charge in [0.25, 0.3) is 11.5 Å². The van der Waals surface area contributed by atoms with Gasteiger partial charge >= 0.3 is 0 Å². The molecular formula is C8H7ClN6O2. The quantitative estimate of drug-likeness (QED) is 0.651. The molecule has 88 valence electrons. The van der Waals surface area contributed by atoms with Gasteiger partial charge in [-0.2, -0.15) is 5.10 Å². The summed E-state index contributed by atoms with van der Waals surface area (Å²) in [4.78, 5) is 28.3. The van der Waals surface area contributed by atoms with Crippen LogP contribution in [0.1, 0.15) is 10.5 Å².